The first-order valence-electron chi connectivity index (χ1n) is 8.61. The van der Waals surface area contributed by atoms with E-state index in [0.29, 0.717) is 37.5 Å². The molecule has 1 fully saturated rings. The molecule has 1 aromatic rings. The number of rotatable bonds is 5. The van der Waals surface area contributed by atoms with Crippen LogP contribution in [0.4, 0.5) is 0 Å². The average molecular weight is 346 g/mol. The third kappa shape index (κ3) is 4.79. The van der Waals surface area contributed by atoms with Crippen LogP contribution in [-0.4, -0.2) is 48.3 Å². The molecular formula is C18H26N4O3. The van der Waals surface area contributed by atoms with Crippen molar-refractivity contribution in [3.63, 3.8) is 0 Å². The highest BCUT2D eigenvalue weighted by molar-refractivity contribution is 6.35. The zero-order chi connectivity index (χ0) is 18.4. The van der Waals surface area contributed by atoms with Crippen LogP contribution in [0.15, 0.2) is 24.3 Å². The highest BCUT2D eigenvalue weighted by Crippen LogP contribution is 2.22. The highest BCUT2D eigenvalue weighted by Gasteiger charge is 2.33. The van der Waals surface area contributed by atoms with Gasteiger partial charge in [0.2, 0.25) is 5.91 Å². The summed E-state index contributed by atoms with van der Waals surface area (Å²) in [6.45, 7) is 3.29. The van der Waals surface area contributed by atoms with E-state index >= 15 is 0 Å². The van der Waals surface area contributed by atoms with Crippen LogP contribution in [0.3, 0.4) is 0 Å². The summed E-state index contributed by atoms with van der Waals surface area (Å²) >= 11 is 0. The van der Waals surface area contributed by atoms with E-state index in [9.17, 15) is 14.4 Å². The quantitative estimate of drug-likeness (QED) is 0.652. The number of carbonyl (C=O) groups is 3. The summed E-state index contributed by atoms with van der Waals surface area (Å²) in [6, 6.07) is 6.82. The van der Waals surface area contributed by atoms with Crippen LogP contribution in [0.1, 0.15) is 35.7 Å². The molecule has 7 nitrogen and oxygen atoms in total. The molecule has 1 aliphatic rings. The van der Waals surface area contributed by atoms with E-state index in [-0.39, 0.29) is 6.04 Å². The summed E-state index contributed by atoms with van der Waals surface area (Å²) in [4.78, 5) is 37.3. The molecule has 25 heavy (non-hydrogen) atoms. The number of likely N-dealkylation sites (tertiary alicyclic amines) is 1. The van der Waals surface area contributed by atoms with Crippen molar-refractivity contribution in [1.82, 2.24) is 10.2 Å². The van der Waals surface area contributed by atoms with Crippen molar-refractivity contribution in [1.29, 1.82) is 0 Å². The monoisotopic (exact) mass is 346 g/mol. The van der Waals surface area contributed by atoms with Crippen LogP contribution in [0.2, 0.25) is 0 Å². The number of carbonyl (C=O) groups excluding carboxylic acids is 3. The lowest BCUT2D eigenvalue weighted by molar-refractivity contribution is -0.149. The number of nitrogens with zero attached hydrogens (tertiary/aromatic N) is 1. The van der Waals surface area contributed by atoms with E-state index in [2.05, 4.69) is 12.2 Å². The van der Waals surface area contributed by atoms with Gasteiger partial charge < -0.3 is 21.7 Å². The predicted octanol–water partition coefficient (Wildman–Crippen LogP) is 0.0300. The fourth-order valence-electron chi connectivity index (χ4n) is 3.27. The lowest BCUT2D eigenvalue weighted by Gasteiger charge is -2.38. The standard InChI is InChI=1S/C18H26N4O3/c1-12-4-3-9-22(15(12)11-19)18(25)17(24)21-8-7-13-5-2-6-14(10-13)16(20)23/h2,5-6,10,12,15H,3-4,7-9,11,19H2,1H3,(H2,20,23)(H,21,24). The summed E-state index contributed by atoms with van der Waals surface area (Å²) in [5, 5.41) is 2.65. The number of nitrogens with two attached hydrogens (primary N) is 2. The van der Waals surface area contributed by atoms with Gasteiger partial charge >= 0.3 is 11.8 Å². The van der Waals surface area contributed by atoms with E-state index in [0.717, 1.165) is 18.4 Å². The lowest BCUT2D eigenvalue weighted by atomic mass is 9.90. The van der Waals surface area contributed by atoms with Gasteiger partial charge in [-0.15, -0.1) is 0 Å². The molecule has 0 bridgehead atoms. The van der Waals surface area contributed by atoms with Crippen LogP contribution in [-0.2, 0) is 16.0 Å². The number of nitrogens with one attached hydrogen (secondary N) is 1. The summed E-state index contributed by atoms with van der Waals surface area (Å²) in [5.74, 6) is -1.33. The Balaban J connectivity index is 1.88. The fraction of sp³-hybridized carbons (Fsp3) is 0.500. The van der Waals surface area contributed by atoms with Crippen molar-refractivity contribution in [2.75, 3.05) is 19.6 Å². The maximum Gasteiger partial charge on any atom is 0.312 e. The van der Waals surface area contributed by atoms with Gasteiger partial charge in [0.15, 0.2) is 0 Å². The smallest absolute Gasteiger partial charge is 0.312 e. The minimum atomic E-state index is -0.612. The van der Waals surface area contributed by atoms with Crippen LogP contribution < -0.4 is 16.8 Å². The molecule has 1 saturated heterocycles. The number of piperidine rings is 1. The topological polar surface area (TPSA) is 119 Å². The van der Waals surface area contributed by atoms with E-state index in [4.69, 9.17) is 11.5 Å². The minimum Gasteiger partial charge on any atom is -0.366 e. The second-order valence-corrected chi connectivity index (χ2v) is 6.49. The molecule has 2 rings (SSSR count). The molecule has 5 N–H and O–H groups in total. The van der Waals surface area contributed by atoms with Gasteiger partial charge in [0, 0.05) is 31.2 Å². The second-order valence-electron chi connectivity index (χ2n) is 6.49. The van der Waals surface area contributed by atoms with Crippen molar-refractivity contribution >= 4 is 17.7 Å². The summed E-state index contributed by atoms with van der Waals surface area (Å²) in [6.07, 6.45) is 2.41. The second kappa shape index (κ2) is 8.62. The summed E-state index contributed by atoms with van der Waals surface area (Å²) in [5.41, 5.74) is 12.3. The zero-order valence-electron chi connectivity index (χ0n) is 14.5. The normalized spacial score (nSPS) is 20.2. The largest absolute Gasteiger partial charge is 0.366 e. The van der Waals surface area contributed by atoms with Crippen molar-refractivity contribution in [3.8, 4) is 0 Å². The Labute approximate surface area is 147 Å². The van der Waals surface area contributed by atoms with Gasteiger partial charge in [0.25, 0.3) is 0 Å². The lowest BCUT2D eigenvalue weighted by Crippen LogP contribution is -2.55. The van der Waals surface area contributed by atoms with Crippen LogP contribution in [0.5, 0.6) is 0 Å². The van der Waals surface area contributed by atoms with E-state index in [1.807, 2.05) is 6.07 Å². The van der Waals surface area contributed by atoms with Crippen molar-refractivity contribution in [3.05, 3.63) is 35.4 Å². The van der Waals surface area contributed by atoms with Gasteiger partial charge in [0.1, 0.15) is 0 Å². The highest BCUT2D eigenvalue weighted by atomic mass is 16.2. The maximum atomic E-state index is 12.4. The molecule has 136 valence electrons. The van der Waals surface area contributed by atoms with Gasteiger partial charge in [-0.2, -0.15) is 0 Å². The van der Waals surface area contributed by atoms with E-state index < -0.39 is 17.7 Å². The van der Waals surface area contributed by atoms with Gasteiger partial charge in [-0.1, -0.05) is 19.1 Å². The molecule has 1 aliphatic heterocycles. The predicted molar refractivity (Wildman–Crippen MR) is 94.6 cm³/mol. The van der Waals surface area contributed by atoms with E-state index in [1.165, 1.54) is 0 Å². The van der Waals surface area contributed by atoms with Crippen LogP contribution in [0.25, 0.3) is 0 Å². The van der Waals surface area contributed by atoms with E-state index in [1.54, 1.807) is 23.1 Å². The average Bonchev–Trinajstić information content (AvgIpc) is 2.61. The van der Waals surface area contributed by atoms with Crippen molar-refractivity contribution < 1.29 is 14.4 Å². The Hall–Kier alpha value is -2.41. The Kier molecular flexibility index (Phi) is 6.52. The molecule has 7 heteroatoms. The Bertz CT molecular complexity index is 647. The van der Waals surface area contributed by atoms with Gasteiger partial charge in [0.05, 0.1) is 0 Å². The number of primary amides is 1. The zero-order valence-corrected chi connectivity index (χ0v) is 14.5. The van der Waals surface area contributed by atoms with Gasteiger partial charge in [-0.05, 0) is 42.9 Å². The fourth-order valence-corrected chi connectivity index (χ4v) is 3.27. The first-order valence-corrected chi connectivity index (χ1v) is 8.61. The Morgan fingerprint density at radius 2 is 2.08 bits per heavy atom. The number of benzene rings is 1. The van der Waals surface area contributed by atoms with Gasteiger partial charge in [-0.25, -0.2) is 0 Å². The molecule has 2 atom stereocenters. The number of hydrogen-bond acceptors (Lipinski definition) is 4. The van der Waals surface area contributed by atoms with Crippen molar-refractivity contribution in [2.24, 2.45) is 17.4 Å². The third-order valence-electron chi connectivity index (χ3n) is 4.72. The first kappa shape index (κ1) is 18.9. The third-order valence-corrected chi connectivity index (χ3v) is 4.72. The Morgan fingerprint density at radius 3 is 2.76 bits per heavy atom. The number of hydrogen-bond donors (Lipinski definition) is 3. The van der Waals surface area contributed by atoms with Crippen molar-refractivity contribution in [2.45, 2.75) is 32.2 Å². The molecule has 0 radical (unpaired) electrons. The molecule has 2 unspecified atom stereocenters. The Morgan fingerprint density at radius 1 is 1.32 bits per heavy atom. The molecule has 0 saturated carbocycles. The number of amides is 3. The molecule has 0 aliphatic carbocycles. The molecule has 3 amide bonds. The summed E-state index contributed by atoms with van der Waals surface area (Å²) < 4.78 is 0. The molecular weight excluding hydrogens is 320 g/mol. The van der Waals surface area contributed by atoms with Gasteiger partial charge in [-0.3, -0.25) is 14.4 Å². The van der Waals surface area contributed by atoms with Crippen LogP contribution in [0, 0.1) is 5.92 Å². The molecule has 1 heterocycles. The SMILES string of the molecule is CC1CCCN(C(=O)C(=O)NCCc2cccc(C(N)=O)c2)C1CN. The first-order chi connectivity index (χ1) is 11.9. The minimum absolute atomic E-state index is 0.0840. The molecule has 1 aromatic carbocycles. The maximum absolute atomic E-state index is 12.4. The summed E-state index contributed by atoms with van der Waals surface area (Å²) in [7, 11) is 0. The van der Waals surface area contributed by atoms with Crippen LogP contribution >= 0.6 is 0 Å². The molecule has 0 spiro atoms. The molecule has 0 aromatic heterocycles.